The molecule has 0 radical (unpaired) electrons. The molecule has 6 rings (SSSR count). The molecule has 4 heterocycles. The maximum atomic E-state index is 13.2. The van der Waals surface area contributed by atoms with Gasteiger partial charge in [0.25, 0.3) is 11.8 Å². The fourth-order valence-electron chi connectivity index (χ4n) is 5.43. The number of nitrogens with zero attached hydrogens (tertiary/aromatic N) is 5. The third-order valence-corrected chi connectivity index (χ3v) is 7.60. The zero-order valence-electron chi connectivity index (χ0n) is 19.2. The number of fused-ring (bicyclic) bond motifs is 1. The average Bonchev–Trinajstić information content (AvgIpc) is 3.43. The Labute approximate surface area is 201 Å². The van der Waals surface area contributed by atoms with E-state index in [2.05, 4.69) is 15.6 Å². The van der Waals surface area contributed by atoms with E-state index < -0.39 is 11.9 Å². The van der Waals surface area contributed by atoms with Crippen LogP contribution in [0.5, 0.6) is 0 Å². The number of morpholine rings is 1. The summed E-state index contributed by atoms with van der Waals surface area (Å²) in [6.07, 6.45) is 5.58. The van der Waals surface area contributed by atoms with E-state index >= 15 is 0 Å². The minimum Gasteiger partial charge on any atom is -0.377 e. The molecule has 11 nitrogen and oxygen atoms in total. The third-order valence-electron chi connectivity index (χ3n) is 7.60. The molecule has 3 fully saturated rings. The zero-order valence-corrected chi connectivity index (χ0v) is 19.2. The lowest BCUT2D eigenvalue weighted by atomic mass is 9.79. The van der Waals surface area contributed by atoms with Gasteiger partial charge in [-0.3, -0.25) is 24.5 Å². The van der Waals surface area contributed by atoms with Crippen LogP contribution in [-0.4, -0.2) is 80.3 Å². The molecule has 182 valence electrons. The molecule has 4 aliphatic rings. The summed E-state index contributed by atoms with van der Waals surface area (Å²) in [5.41, 5.74) is 2.23. The van der Waals surface area contributed by atoms with Crippen LogP contribution in [0.1, 0.15) is 58.5 Å². The van der Waals surface area contributed by atoms with E-state index in [0.717, 1.165) is 18.4 Å². The lowest BCUT2D eigenvalue weighted by Crippen LogP contribution is -2.53. The molecule has 1 aliphatic carbocycles. The highest BCUT2D eigenvalue weighted by Gasteiger charge is 2.40. The minimum absolute atomic E-state index is 0.0828. The van der Waals surface area contributed by atoms with Gasteiger partial charge in [0.15, 0.2) is 5.69 Å². The molecule has 11 heteroatoms. The number of carbonyl (C=O) groups is 4. The summed E-state index contributed by atoms with van der Waals surface area (Å²) < 4.78 is 7.17. The van der Waals surface area contributed by atoms with E-state index in [0.29, 0.717) is 43.3 Å². The van der Waals surface area contributed by atoms with Gasteiger partial charge in [0.2, 0.25) is 11.8 Å². The van der Waals surface area contributed by atoms with Crippen molar-refractivity contribution in [2.75, 3.05) is 19.8 Å². The number of rotatable bonds is 4. The average molecular weight is 479 g/mol. The maximum Gasteiger partial charge on any atom is 0.276 e. The van der Waals surface area contributed by atoms with Crippen molar-refractivity contribution in [3.8, 4) is 5.69 Å². The van der Waals surface area contributed by atoms with E-state index in [1.807, 2.05) is 11.0 Å². The van der Waals surface area contributed by atoms with Crippen molar-refractivity contribution >= 4 is 23.6 Å². The summed E-state index contributed by atoms with van der Waals surface area (Å²) in [6.45, 7) is 1.90. The second kappa shape index (κ2) is 8.56. The fraction of sp³-hybridized carbons (Fsp3) is 0.500. The molecular formula is C24H26N6O5. The first-order chi connectivity index (χ1) is 17.0. The molecule has 1 aromatic carbocycles. The summed E-state index contributed by atoms with van der Waals surface area (Å²) >= 11 is 0. The van der Waals surface area contributed by atoms with Gasteiger partial charge in [-0.2, -0.15) is 0 Å². The Bertz CT molecular complexity index is 1220. The topological polar surface area (TPSA) is 127 Å². The van der Waals surface area contributed by atoms with Gasteiger partial charge in [-0.15, -0.1) is 5.10 Å². The normalized spacial score (nSPS) is 24.9. The SMILES string of the molecule is O=C1CCC(N2Cc3cc(-n4cc(C(=O)N5CCOCC5C5CCC5)nn4)ccc3C2=O)C(=O)N1. The molecule has 2 saturated heterocycles. The number of ether oxygens (including phenoxy) is 1. The largest absolute Gasteiger partial charge is 0.377 e. The molecule has 3 aliphatic heterocycles. The van der Waals surface area contributed by atoms with E-state index in [1.165, 1.54) is 16.0 Å². The Morgan fingerprint density at radius 3 is 2.77 bits per heavy atom. The van der Waals surface area contributed by atoms with Gasteiger partial charge in [-0.05, 0) is 48.9 Å². The van der Waals surface area contributed by atoms with Gasteiger partial charge in [-0.1, -0.05) is 11.6 Å². The van der Waals surface area contributed by atoms with E-state index in [-0.39, 0.29) is 42.4 Å². The summed E-state index contributed by atoms with van der Waals surface area (Å²) in [5, 5.41) is 10.6. The summed E-state index contributed by atoms with van der Waals surface area (Å²) in [5.74, 6) is -0.645. The van der Waals surface area contributed by atoms with Gasteiger partial charge >= 0.3 is 0 Å². The van der Waals surface area contributed by atoms with Crippen LogP contribution >= 0.6 is 0 Å². The minimum atomic E-state index is -0.663. The zero-order chi connectivity index (χ0) is 24.1. The van der Waals surface area contributed by atoms with Crippen LogP contribution in [0.4, 0.5) is 0 Å². The molecule has 2 atom stereocenters. The standard InChI is InChI=1S/C24H26N6O5/c31-21-7-6-19(22(32)25-21)29-11-15-10-16(4-5-17(15)23(29)33)30-12-18(26-27-30)24(34)28-8-9-35-13-20(28)14-2-1-3-14/h4-5,10,12,14,19-20H,1-3,6-9,11,13H2,(H,25,31,32). The maximum absolute atomic E-state index is 13.2. The Morgan fingerprint density at radius 2 is 2.00 bits per heavy atom. The molecule has 2 unspecified atom stereocenters. The molecule has 1 N–H and O–H groups in total. The van der Waals surface area contributed by atoms with Crippen molar-refractivity contribution < 1.29 is 23.9 Å². The number of hydrogen-bond donors (Lipinski definition) is 1. The second-order valence-electron chi connectivity index (χ2n) is 9.62. The van der Waals surface area contributed by atoms with Gasteiger partial charge in [0, 0.05) is 25.1 Å². The van der Waals surface area contributed by atoms with Crippen LogP contribution in [0.25, 0.3) is 5.69 Å². The van der Waals surface area contributed by atoms with Crippen molar-refractivity contribution in [3.05, 3.63) is 41.2 Å². The molecule has 2 aromatic rings. The Kier molecular flexibility index (Phi) is 5.36. The quantitative estimate of drug-likeness (QED) is 0.640. The van der Waals surface area contributed by atoms with E-state index in [9.17, 15) is 19.2 Å². The number of carbonyl (C=O) groups excluding carboxylic acids is 4. The highest BCUT2D eigenvalue weighted by atomic mass is 16.5. The molecule has 4 amide bonds. The van der Waals surface area contributed by atoms with Crippen molar-refractivity contribution in [2.24, 2.45) is 5.92 Å². The number of imide groups is 1. The smallest absolute Gasteiger partial charge is 0.276 e. The molecule has 0 spiro atoms. The first kappa shape index (κ1) is 21.9. The summed E-state index contributed by atoms with van der Waals surface area (Å²) in [6, 6.07) is 4.70. The lowest BCUT2D eigenvalue weighted by molar-refractivity contribution is -0.136. The highest BCUT2D eigenvalue weighted by molar-refractivity contribution is 6.05. The van der Waals surface area contributed by atoms with Crippen molar-refractivity contribution in [3.63, 3.8) is 0 Å². The fourth-order valence-corrected chi connectivity index (χ4v) is 5.43. The monoisotopic (exact) mass is 478 g/mol. The van der Waals surface area contributed by atoms with E-state index in [1.54, 1.807) is 18.3 Å². The van der Waals surface area contributed by atoms with Crippen LogP contribution in [0.15, 0.2) is 24.4 Å². The van der Waals surface area contributed by atoms with Crippen LogP contribution in [-0.2, 0) is 20.9 Å². The highest BCUT2D eigenvalue weighted by Crippen LogP contribution is 2.34. The molecular weight excluding hydrogens is 452 g/mol. The molecule has 1 aromatic heterocycles. The number of hydrogen-bond acceptors (Lipinski definition) is 7. The molecule has 1 saturated carbocycles. The Hall–Kier alpha value is -3.60. The lowest BCUT2D eigenvalue weighted by Gasteiger charge is -2.43. The Balaban J connectivity index is 1.20. The number of nitrogens with one attached hydrogen (secondary N) is 1. The first-order valence-corrected chi connectivity index (χ1v) is 12.1. The van der Waals surface area contributed by atoms with Gasteiger partial charge in [-0.25, -0.2) is 4.68 Å². The molecule has 0 bridgehead atoms. The first-order valence-electron chi connectivity index (χ1n) is 12.1. The van der Waals surface area contributed by atoms with Gasteiger partial charge < -0.3 is 14.5 Å². The Morgan fingerprint density at radius 1 is 1.14 bits per heavy atom. The number of benzene rings is 1. The predicted molar refractivity (Wildman–Crippen MR) is 120 cm³/mol. The van der Waals surface area contributed by atoms with E-state index in [4.69, 9.17) is 4.74 Å². The van der Waals surface area contributed by atoms with Crippen LogP contribution in [0.3, 0.4) is 0 Å². The van der Waals surface area contributed by atoms with Crippen LogP contribution in [0, 0.1) is 5.92 Å². The summed E-state index contributed by atoms with van der Waals surface area (Å²) in [4.78, 5) is 53.3. The predicted octanol–water partition coefficient (Wildman–Crippen LogP) is 0.669. The van der Waals surface area contributed by atoms with Crippen molar-refractivity contribution in [1.29, 1.82) is 0 Å². The number of amides is 4. The summed E-state index contributed by atoms with van der Waals surface area (Å²) in [7, 11) is 0. The van der Waals surface area contributed by atoms with Gasteiger partial charge in [0.1, 0.15) is 6.04 Å². The third kappa shape index (κ3) is 3.79. The van der Waals surface area contributed by atoms with Gasteiger partial charge in [0.05, 0.1) is 31.1 Å². The van der Waals surface area contributed by atoms with Crippen molar-refractivity contribution in [1.82, 2.24) is 30.1 Å². The van der Waals surface area contributed by atoms with Crippen molar-refractivity contribution in [2.45, 2.75) is 50.7 Å². The number of piperidine rings is 1. The van der Waals surface area contributed by atoms with Crippen LogP contribution in [0.2, 0.25) is 0 Å². The number of aromatic nitrogens is 3. The molecule has 35 heavy (non-hydrogen) atoms. The van der Waals surface area contributed by atoms with Crippen LogP contribution < -0.4 is 5.32 Å². The second-order valence-corrected chi connectivity index (χ2v) is 9.62.